The number of aryl methyl sites for hydroxylation is 1. The number of hydrogen-bond acceptors (Lipinski definition) is 5. The fraction of sp³-hybridized carbons (Fsp3) is 0.200. The van der Waals surface area contributed by atoms with Crippen LogP contribution in [0.3, 0.4) is 0 Å². The molecule has 0 aliphatic heterocycles. The molecule has 3 heterocycles. The summed E-state index contributed by atoms with van der Waals surface area (Å²) < 4.78 is 41.4. The van der Waals surface area contributed by atoms with Crippen LogP contribution in [-0.2, 0) is 12.7 Å². The second-order valence-corrected chi connectivity index (χ2v) is 7.52. The number of nitrogens with zero attached hydrogens (tertiary/aromatic N) is 4. The summed E-state index contributed by atoms with van der Waals surface area (Å²) in [5.41, 5.74) is -0.0610. The van der Waals surface area contributed by atoms with Crippen LogP contribution in [0.2, 0.25) is 0 Å². The van der Waals surface area contributed by atoms with Crippen molar-refractivity contribution in [2.45, 2.75) is 19.1 Å². The number of amides is 1. The molecule has 7 nitrogen and oxygen atoms in total. The van der Waals surface area contributed by atoms with E-state index in [2.05, 4.69) is 15.4 Å². The van der Waals surface area contributed by atoms with E-state index in [4.69, 9.17) is 0 Å². The van der Waals surface area contributed by atoms with Gasteiger partial charge in [-0.1, -0.05) is 18.2 Å². The Kier molecular flexibility index (Phi) is 5.59. The molecule has 4 aromatic rings. The van der Waals surface area contributed by atoms with Crippen molar-refractivity contribution in [2.75, 3.05) is 6.54 Å². The van der Waals surface area contributed by atoms with Crippen LogP contribution < -0.4 is 11.0 Å². The molecule has 1 N–H and O–H groups in total. The van der Waals surface area contributed by atoms with E-state index in [-0.39, 0.29) is 17.9 Å². The van der Waals surface area contributed by atoms with Crippen molar-refractivity contribution in [3.05, 3.63) is 75.8 Å². The molecular formula is C20H16F3N5O2S. The standard InChI is InChI=1S/C20H16F3N5O2S/c21-20(22,23)14-6-3-5-13(11-14)18-25-15(12-31-18)17(29)24-8-4-10-28-19(30)27-9-2-1-7-16(27)26-28/h1-3,5-7,9,11-12H,4,8,10H2,(H,24,29). The van der Waals surface area contributed by atoms with Gasteiger partial charge in [-0.3, -0.25) is 9.20 Å². The Morgan fingerprint density at radius 3 is 2.77 bits per heavy atom. The van der Waals surface area contributed by atoms with Gasteiger partial charge in [0, 0.05) is 30.2 Å². The number of hydrogen-bond donors (Lipinski definition) is 1. The van der Waals surface area contributed by atoms with Gasteiger partial charge in [0.25, 0.3) is 5.91 Å². The lowest BCUT2D eigenvalue weighted by Crippen LogP contribution is -2.27. The Morgan fingerprint density at radius 2 is 2.00 bits per heavy atom. The van der Waals surface area contributed by atoms with E-state index in [0.717, 1.165) is 23.5 Å². The van der Waals surface area contributed by atoms with Crippen LogP contribution in [0.15, 0.2) is 58.8 Å². The van der Waals surface area contributed by atoms with Gasteiger partial charge >= 0.3 is 11.9 Å². The number of carbonyl (C=O) groups excluding carboxylic acids is 1. The molecule has 0 atom stereocenters. The van der Waals surface area contributed by atoms with Gasteiger partial charge in [-0.05, 0) is 30.7 Å². The number of fused-ring (bicyclic) bond motifs is 1. The van der Waals surface area contributed by atoms with Crippen LogP contribution in [0, 0.1) is 0 Å². The van der Waals surface area contributed by atoms with E-state index in [1.54, 1.807) is 24.4 Å². The third-order valence-electron chi connectivity index (χ3n) is 4.49. The highest BCUT2D eigenvalue weighted by atomic mass is 32.1. The molecule has 0 saturated carbocycles. The predicted molar refractivity (Wildman–Crippen MR) is 109 cm³/mol. The molecule has 3 aromatic heterocycles. The average Bonchev–Trinajstić information content (AvgIpc) is 3.36. The van der Waals surface area contributed by atoms with E-state index in [1.807, 2.05) is 0 Å². The van der Waals surface area contributed by atoms with Crippen molar-refractivity contribution in [3.63, 3.8) is 0 Å². The zero-order valence-electron chi connectivity index (χ0n) is 16.0. The Morgan fingerprint density at radius 1 is 1.16 bits per heavy atom. The minimum atomic E-state index is -4.45. The van der Waals surface area contributed by atoms with E-state index in [9.17, 15) is 22.8 Å². The van der Waals surface area contributed by atoms with Crippen LogP contribution in [-0.4, -0.2) is 31.6 Å². The number of nitrogens with one attached hydrogen (secondary N) is 1. The van der Waals surface area contributed by atoms with E-state index < -0.39 is 17.6 Å². The lowest BCUT2D eigenvalue weighted by atomic mass is 10.1. The Balaban J connectivity index is 1.35. The van der Waals surface area contributed by atoms with Crippen molar-refractivity contribution in [1.82, 2.24) is 24.5 Å². The lowest BCUT2D eigenvalue weighted by Gasteiger charge is -2.07. The highest BCUT2D eigenvalue weighted by molar-refractivity contribution is 7.13. The van der Waals surface area contributed by atoms with Gasteiger partial charge in [0.05, 0.1) is 5.56 Å². The first kappa shape index (κ1) is 20.8. The van der Waals surface area contributed by atoms with Crippen molar-refractivity contribution < 1.29 is 18.0 Å². The quantitative estimate of drug-likeness (QED) is 0.459. The summed E-state index contributed by atoms with van der Waals surface area (Å²) in [4.78, 5) is 28.6. The van der Waals surface area contributed by atoms with E-state index in [1.165, 1.54) is 26.6 Å². The number of halogens is 3. The summed E-state index contributed by atoms with van der Waals surface area (Å²) in [6.45, 7) is 0.614. The molecule has 11 heteroatoms. The monoisotopic (exact) mass is 447 g/mol. The zero-order chi connectivity index (χ0) is 22.0. The van der Waals surface area contributed by atoms with Gasteiger partial charge in [0.2, 0.25) is 0 Å². The molecule has 1 aromatic carbocycles. The summed E-state index contributed by atoms with van der Waals surface area (Å²) in [5.74, 6) is -0.433. The minimum absolute atomic E-state index is 0.127. The van der Waals surface area contributed by atoms with E-state index in [0.29, 0.717) is 29.2 Å². The molecule has 0 aliphatic carbocycles. The minimum Gasteiger partial charge on any atom is -0.351 e. The summed E-state index contributed by atoms with van der Waals surface area (Å²) in [7, 11) is 0. The van der Waals surface area contributed by atoms with Crippen LogP contribution in [0.25, 0.3) is 16.2 Å². The fourth-order valence-corrected chi connectivity index (χ4v) is 3.77. The van der Waals surface area contributed by atoms with Crippen LogP contribution in [0.1, 0.15) is 22.5 Å². The summed E-state index contributed by atoms with van der Waals surface area (Å²) in [6, 6.07) is 10.1. The fourth-order valence-electron chi connectivity index (χ4n) is 2.97. The Labute approximate surface area is 177 Å². The van der Waals surface area contributed by atoms with Gasteiger partial charge in [-0.25, -0.2) is 14.5 Å². The molecule has 0 unspecified atom stereocenters. The third-order valence-corrected chi connectivity index (χ3v) is 5.39. The van der Waals surface area contributed by atoms with Crippen LogP contribution in [0.5, 0.6) is 0 Å². The maximum absolute atomic E-state index is 12.9. The van der Waals surface area contributed by atoms with Crippen LogP contribution in [0.4, 0.5) is 13.2 Å². The summed E-state index contributed by atoms with van der Waals surface area (Å²) >= 11 is 1.09. The van der Waals surface area contributed by atoms with Gasteiger partial charge in [0.15, 0.2) is 5.65 Å². The first-order chi connectivity index (χ1) is 14.8. The largest absolute Gasteiger partial charge is 0.416 e. The molecule has 4 rings (SSSR count). The predicted octanol–water partition coefficient (Wildman–Crippen LogP) is 3.46. The number of carbonyl (C=O) groups is 1. The van der Waals surface area contributed by atoms with Gasteiger partial charge < -0.3 is 5.32 Å². The number of benzene rings is 1. The topological polar surface area (TPSA) is 81.3 Å². The van der Waals surface area contributed by atoms with Gasteiger partial charge in [-0.15, -0.1) is 16.4 Å². The number of thiazole rings is 1. The highest BCUT2D eigenvalue weighted by Crippen LogP contribution is 2.33. The van der Waals surface area contributed by atoms with Gasteiger partial charge in [-0.2, -0.15) is 13.2 Å². The van der Waals surface area contributed by atoms with Crippen molar-refractivity contribution in [3.8, 4) is 10.6 Å². The first-order valence-electron chi connectivity index (χ1n) is 9.28. The molecule has 31 heavy (non-hydrogen) atoms. The molecule has 0 spiro atoms. The zero-order valence-corrected chi connectivity index (χ0v) is 16.8. The third kappa shape index (κ3) is 4.50. The molecule has 1 amide bonds. The van der Waals surface area contributed by atoms with Crippen molar-refractivity contribution in [1.29, 1.82) is 0 Å². The van der Waals surface area contributed by atoms with Gasteiger partial charge in [0.1, 0.15) is 10.7 Å². The molecule has 0 bridgehead atoms. The van der Waals surface area contributed by atoms with E-state index >= 15 is 0 Å². The Bertz CT molecular complexity index is 1290. The molecule has 0 fully saturated rings. The molecule has 160 valence electrons. The summed E-state index contributed by atoms with van der Waals surface area (Å²) in [5, 5.41) is 8.73. The molecule has 0 radical (unpaired) electrons. The molecular weight excluding hydrogens is 431 g/mol. The molecule has 0 aliphatic rings. The smallest absolute Gasteiger partial charge is 0.351 e. The maximum Gasteiger partial charge on any atom is 0.416 e. The van der Waals surface area contributed by atoms with Crippen molar-refractivity contribution >= 4 is 22.9 Å². The number of pyridine rings is 1. The first-order valence-corrected chi connectivity index (χ1v) is 10.2. The number of aromatic nitrogens is 4. The Hall–Kier alpha value is -3.47. The van der Waals surface area contributed by atoms with Crippen LogP contribution >= 0.6 is 11.3 Å². The summed E-state index contributed by atoms with van der Waals surface area (Å²) in [6.07, 6.45) is -2.34. The lowest BCUT2D eigenvalue weighted by molar-refractivity contribution is -0.137. The maximum atomic E-state index is 12.9. The molecule has 0 saturated heterocycles. The second-order valence-electron chi connectivity index (χ2n) is 6.66. The SMILES string of the molecule is O=C(NCCCn1nc2ccccn2c1=O)c1csc(-c2cccc(C(F)(F)F)c2)n1. The average molecular weight is 447 g/mol. The second kappa shape index (κ2) is 8.34. The van der Waals surface area contributed by atoms with Crippen molar-refractivity contribution in [2.24, 2.45) is 0 Å². The number of rotatable bonds is 6. The normalized spacial score (nSPS) is 11.7. The number of alkyl halides is 3. The highest BCUT2D eigenvalue weighted by Gasteiger charge is 2.30.